The van der Waals surface area contributed by atoms with Crippen LogP contribution in [0.5, 0.6) is 0 Å². The molecule has 1 fully saturated rings. The van der Waals surface area contributed by atoms with Crippen LogP contribution < -0.4 is 4.90 Å². The molecular weight excluding hydrogens is 290 g/mol. The molecule has 5 nitrogen and oxygen atoms in total. The molecule has 7 heteroatoms. The highest BCUT2D eigenvalue weighted by atomic mass is 19.1. The van der Waals surface area contributed by atoms with Gasteiger partial charge in [0, 0.05) is 50.2 Å². The molecule has 0 saturated carbocycles. The number of hydrogen-bond acceptors (Lipinski definition) is 4. The summed E-state index contributed by atoms with van der Waals surface area (Å²) >= 11 is 0. The molecule has 1 aromatic heterocycles. The van der Waals surface area contributed by atoms with Gasteiger partial charge in [0.25, 0.3) is 5.91 Å². The fourth-order valence-corrected chi connectivity index (χ4v) is 2.42. The van der Waals surface area contributed by atoms with Gasteiger partial charge >= 0.3 is 0 Å². The number of piperazine rings is 1. The topological polar surface area (TPSA) is 49.3 Å². The Kier molecular flexibility index (Phi) is 3.95. The maximum absolute atomic E-state index is 13.2. The standard InChI is InChI=1S/C15H14F2N4O/c16-12-8-11(9-13(17)10-12)14(22)20-4-6-21(7-5-20)15-18-2-1-3-19-15/h1-3,8-10H,4-7H2. The van der Waals surface area contributed by atoms with E-state index in [1.165, 1.54) is 0 Å². The first kappa shape index (κ1) is 14.4. The van der Waals surface area contributed by atoms with Crippen molar-refractivity contribution in [3.05, 3.63) is 53.9 Å². The van der Waals surface area contributed by atoms with Gasteiger partial charge in [-0.2, -0.15) is 0 Å². The number of hydrogen-bond donors (Lipinski definition) is 0. The molecule has 0 spiro atoms. The summed E-state index contributed by atoms with van der Waals surface area (Å²) in [5, 5.41) is 0. The summed E-state index contributed by atoms with van der Waals surface area (Å²) in [5.41, 5.74) is 0.0295. The number of rotatable bonds is 2. The van der Waals surface area contributed by atoms with Gasteiger partial charge in [-0.05, 0) is 18.2 Å². The summed E-state index contributed by atoms with van der Waals surface area (Å²) in [6.07, 6.45) is 3.32. The minimum Gasteiger partial charge on any atom is -0.337 e. The highest BCUT2D eigenvalue weighted by Gasteiger charge is 2.23. The summed E-state index contributed by atoms with van der Waals surface area (Å²) in [6, 6.07) is 4.60. The lowest BCUT2D eigenvalue weighted by molar-refractivity contribution is 0.0745. The van der Waals surface area contributed by atoms with Crippen LogP contribution in [0, 0.1) is 11.6 Å². The van der Waals surface area contributed by atoms with E-state index in [-0.39, 0.29) is 11.5 Å². The zero-order chi connectivity index (χ0) is 15.5. The van der Waals surface area contributed by atoms with Crippen LogP contribution in [0.25, 0.3) is 0 Å². The number of anilines is 1. The molecule has 1 aromatic carbocycles. The quantitative estimate of drug-likeness (QED) is 0.847. The molecule has 1 amide bonds. The van der Waals surface area contributed by atoms with Crippen LogP contribution in [0.2, 0.25) is 0 Å². The van der Waals surface area contributed by atoms with Gasteiger partial charge in [-0.15, -0.1) is 0 Å². The number of amides is 1. The first-order chi connectivity index (χ1) is 10.6. The second-order valence-electron chi connectivity index (χ2n) is 4.99. The Balaban J connectivity index is 1.67. The highest BCUT2D eigenvalue weighted by Crippen LogP contribution is 2.14. The van der Waals surface area contributed by atoms with Gasteiger partial charge in [0.1, 0.15) is 11.6 Å². The Morgan fingerprint density at radius 1 is 0.955 bits per heavy atom. The summed E-state index contributed by atoms with van der Waals surface area (Å²) < 4.78 is 26.4. The number of nitrogens with zero attached hydrogens (tertiary/aromatic N) is 4. The normalized spacial score (nSPS) is 15.0. The maximum Gasteiger partial charge on any atom is 0.254 e. The van der Waals surface area contributed by atoms with Crippen molar-refractivity contribution in [3.63, 3.8) is 0 Å². The van der Waals surface area contributed by atoms with Crippen molar-refractivity contribution in [1.82, 2.24) is 14.9 Å². The first-order valence-electron chi connectivity index (χ1n) is 6.91. The maximum atomic E-state index is 13.2. The Hall–Kier alpha value is -2.57. The number of carbonyl (C=O) groups excluding carboxylic acids is 1. The summed E-state index contributed by atoms with van der Waals surface area (Å²) in [5.74, 6) is -1.25. The SMILES string of the molecule is O=C(c1cc(F)cc(F)c1)N1CCN(c2ncccn2)CC1. The molecule has 0 unspecified atom stereocenters. The Morgan fingerprint density at radius 3 is 2.14 bits per heavy atom. The van der Waals surface area contributed by atoms with E-state index in [2.05, 4.69) is 9.97 Å². The molecule has 1 aliphatic heterocycles. The molecule has 2 aromatic rings. The fourth-order valence-electron chi connectivity index (χ4n) is 2.42. The van der Waals surface area contributed by atoms with E-state index >= 15 is 0 Å². The van der Waals surface area contributed by atoms with Crippen LogP contribution >= 0.6 is 0 Å². The van der Waals surface area contributed by atoms with E-state index in [9.17, 15) is 13.6 Å². The highest BCUT2D eigenvalue weighted by molar-refractivity contribution is 5.94. The molecule has 114 valence electrons. The van der Waals surface area contributed by atoms with Crippen LogP contribution in [0.1, 0.15) is 10.4 Å². The molecule has 22 heavy (non-hydrogen) atoms. The second-order valence-corrected chi connectivity index (χ2v) is 4.99. The van der Waals surface area contributed by atoms with Gasteiger partial charge in [-0.1, -0.05) is 0 Å². The van der Waals surface area contributed by atoms with Crippen molar-refractivity contribution in [1.29, 1.82) is 0 Å². The van der Waals surface area contributed by atoms with E-state index in [1.807, 2.05) is 4.90 Å². The van der Waals surface area contributed by atoms with E-state index in [1.54, 1.807) is 23.4 Å². The van der Waals surface area contributed by atoms with Crippen LogP contribution in [-0.4, -0.2) is 47.0 Å². The van der Waals surface area contributed by atoms with E-state index in [0.717, 1.165) is 18.2 Å². The molecule has 0 radical (unpaired) electrons. The van der Waals surface area contributed by atoms with Gasteiger partial charge in [0.15, 0.2) is 0 Å². The molecule has 0 aliphatic carbocycles. The van der Waals surface area contributed by atoms with Gasteiger partial charge in [-0.25, -0.2) is 18.7 Å². The van der Waals surface area contributed by atoms with E-state index in [4.69, 9.17) is 0 Å². The zero-order valence-corrected chi connectivity index (χ0v) is 11.7. The largest absolute Gasteiger partial charge is 0.337 e. The molecule has 2 heterocycles. The summed E-state index contributed by atoms with van der Waals surface area (Å²) in [4.78, 5) is 24.2. The van der Waals surface area contributed by atoms with Crippen molar-refractivity contribution < 1.29 is 13.6 Å². The van der Waals surface area contributed by atoms with Crippen LogP contribution in [0.15, 0.2) is 36.7 Å². The lowest BCUT2D eigenvalue weighted by Gasteiger charge is -2.34. The van der Waals surface area contributed by atoms with E-state index in [0.29, 0.717) is 32.1 Å². The smallest absolute Gasteiger partial charge is 0.254 e. The van der Waals surface area contributed by atoms with E-state index < -0.39 is 11.6 Å². The number of benzene rings is 1. The fraction of sp³-hybridized carbons (Fsp3) is 0.267. The molecular formula is C15H14F2N4O. The monoisotopic (exact) mass is 304 g/mol. The molecule has 0 N–H and O–H groups in total. The van der Waals surface area contributed by atoms with Gasteiger partial charge in [0.05, 0.1) is 0 Å². The van der Waals surface area contributed by atoms with Crippen LogP contribution in [0.3, 0.4) is 0 Å². The lowest BCUT2D eigenvalue weighted by Crippen LogP contribution is -2.49. The van der Waals surface area contributed by atoms with Gasteiger partial charge < -0.3 is 9.80 Å². The Bertz CT molecular complexity index is 652. The minimum atomic E-state index is -0.750. The molecule has 3 rings (SSSR count). The summed E-state index contributed by atoms with van der Waals surface area (Å²) in [7, 11) is 0. The predicted octanol–water partition coefficient (Wildman–Crippen LogP) is 1.72. The van der Waals surface area contributed by atoms with Gasteiger partial charge in [0.2, 0.25) is 5.95 Å². The predicted molar refractivity (Wildman–Crippen MR) is 76.5 cm³/mol. The van der Waals surface area contributed by atoms with Crippen LogP contribution in [-0.2, 0) is 0 Å². The minimum absolute atomic E-state index is 0.0295. The molecule has 1 saturated heterocycles. The van der Waals surface area contributed by atoms with Crippen LogP contribution in [0.4, 0.5) is 14.7 Å². The van der Waals surface area contributed by atoms with Crippen molar-refractivity contribution in [2.45, 2.75) is 0 Å². The first-order valence-corrected chi connectivity index (χ1v) is 6.91. The average Bonchev–Trinajstić information content (AvgIpc) is 2.54. The number of halogens is 2. The van der Waals surface area contributed by atoms with Gasteiger partial charge in [-0.3, -0.25) is 4.79 Å². The third-order valence-corrected chi connectivity index (χ3v) is 3.51. The second kappa shape index (κ2) is 6.05. The van der Waals surface area contributed by atoms with Crippen molar-refractivity contribution in [2.75, 3.05) is 31.1 Å². The Labute approximate surface area is 126 Å². The Morgan fingerprint density at radius 2 is 1.55 bits per heavy atom. The molecule has 0 atom stereocenters. The average molecular weight is 304 g/mol. The number of carbonyl (C=O) groups is 1. The zero-order valence-electron chi connectivity index (χ0n) is 11.7. The third-order valence-electron chi connectivity index (χ3n) is 3.51. The summed E-state index contributed by atoms with van der Waals surface area (Å²) in [6.45, 7) is 2.06. The number of aromatic nitrogens is 2. The lowest BCUT2D eigenvalue weighted by atomic mass is 10.1. The molecule has 0 bridgehead atoms. The van der Waals surface area contributed by atoms with Crippen molar-refractivity contribution >= 4 is 11.9 Å². The molecule has 1 aliphatic rings. The van der Waals surface area contributed by atoms with Crippen molar-refractivity contribution in [2.24, 2.45) is 0 Å². The third kappa shape index (κ3) is 3.03. The van der Waals surface area contributed by atoms with Crippen molar-refractivity contribution in [3.8, 4) is 0 Å².